The van der Waals surface area contributed by atoms with E-state index in [2.05, 4.69) is 9.30 Å². The summed E-state index contributed by atoms with van der Waals surface area (Å²) in [6.07, 6.45) is 0. The summed E-state index contributed by atoms with van der Waals surface area (Å²) in [4.78, 5) is 11.9. The van der Waals surface area contributed by atoms with Gasteiger partial charge in [-0.1, -0.05) is 42.5 Å². The Kier molecular flexibility index (Phi) is 5.99. The summed E-state index contributed by atoms with van der Waals surface area (Å²) in [7, 11) is 4.64. The molecule has 2 aromatic rings. The molecule has 1 N–H and O–H groups in total. The van der Waals surface area contributed by atoms with Crippen LogP contribution in [0.3, 0.4) is 0 Å². The first-order chi connectivity index (χ1) is 8.29. The molecule has 0 aliphatic rings. The summed E-state index contributed by atoms with van der Waals surface area (Å²) < 4.78 is 0. The fourth-order valence-corrected chi connectivity index (χ4v) is 1.41. The van der Waals surface area contributed by atoms with Crippen molar-refractivity contribution in [1.82, 2.24) is 0 Å². The van der Waals surface area contributed by atoms with E-state index in [0.29, 0.717) is 11.1 Å². The molecule has 0 unspecified atom stereocenters. The van der Waals surface area contributed by atoms with Crippen LogP contribution in [0.1, 0.15) is 15.9 Å². The first-order valence-electron chi connectivity index (χ1n) is 4.85. The van der Waals surface area contributed by atoms with Crippen LogP contribution in [-0.4, -0.2) is 10.9 Å². The van der Waals surface area contributed by atoms with Gasteiger partial charge in [0, 0.05) is 5.56 Å². The molecular weight excluding hydrogens is 271 g/mol. The van der Waals surface area contributed by atoms with Crippen LogP contribution in [0.2, 0.25) is 0 Å². The van der Waals surface area contributed by atoms with Crippen molar-refractivity contribution < 1.29 is 29.3 Å². The summed E-state index contributed by atoms with van der Waals surface area (Å²) in [5, 5.41) is 9.52. The first kappa shape index (κ1) is 14.0. The van der Waals surface area contributed by atoms with Gasteiger partial charge in [-0.15, -0.1) is 0 Å². The molecule has 2 rings (SSSR count). The van der Waals surface area contributed by atoms with Gasteiger partial charge in [0.1, 0.15) is 5.75 Å². The van der Waals surface area contributed by atoms with Gasteiger partial charge < -0.3 is 5.11 Å². The SMILES string of the molecule is O=C(c1ccccc1)c1ccccc1O.[Cl][Ti]. The number of ketones is 1. The van der Waals surface area contributed by atoms with Crippen LogP contribution in [0.25, 0.3) is 0 Å². The molecule has 0 saturated carbocycles. The van der Waals surface area contributed by atoms with Gasteiger partial charge in [0.25, 0.3) is 0 Å². The molecule has 0 spiro atoms. The average Bonchev–Trinajstić information content (AvgIpc) is 2.42. The molecule has 0 aliphatic heterocycles. The molecule has 85 valence electrons. The van der Waals surface area contributed by atoms with E-state index in [1.165, 1.54) is 25.4 Å². The van der Waals surface area contributed by atoms with Gasteiger partial charge in [-0.2, -0.15) is 0 Å². The van der Waals surface area contributed by atoms with Crippen LogP contribution in [0.15, 0.2) is 54.6 Å². The number of rotatable bonds is 2. The molecule has 2 aromatic carbocycles. The minimum atomic E-state index is -0.159. The fraction of sp³-hybridized carbons (Fsp3) is 0. The van der Waals surface area contributed by atoms with E-state index in [1.807, 2.05) is 6.07 Å². The third-order valence-corrected chi connectivity index (χ3v) is 2.18. The first-order valence-corrected chi connectivity index (χ1v) is 7.00. The Balaban J connectivity index is 0.000000686. The van der Waals surface area contributed by atoms with E-state index in [-0.39, 0.29) is 11.5 Å². The summed E-state index contributed by atoms with van der Waals surface area (Å²) in [5.41, 5.74) is 0.919. The Morgan fingerprint density at radius 1 is 0.941 bits per heavy atom. The van der Waals surface area contributed by atoms with Gasteiger partial charge in [-0.25, -0.2) is 0 Å². The van der Waals surface area contributed by atoms with E-state index in [0.717, 1.165) is 0 Å². The van der Waals surface area contributed by atoms with Crippen molar-refractivity contribution in [1.29, 1.82) is 0 Å². The van der Waals surface area contributed by atoms with E-state index in [9.17, 15) is 9.90 Å². The minimum absolute atomic E-state index is 0.0198. The molecule has 2 nitrogen and oxygen atoms in total. The number of phenols is 1. The Labute approximate surface area is 116 Å². The van der Waals surface area contributed by atoms with Gasteiger partial charge in [0.15, 0.2) is 5.78 Å². The molecule has 0 heterocycles. The maximum absolute atomic E-state index is 11.9. The van der Waals surface area contributed by atoms with Crippen molar-refractivity contribution in [3.63, 3.8) is 0 Å². The summed E-state index contributed by atoms with van der Waals surface area (Å²) >= 11 is 1.47. The van der Waals surface area contributed by atoms with Crippen LogP contribution >= 0.6 is 9.30 Å². The number of carbonyl (C=O) groups excluding carboxylic acids is 1. The topological polar surface area (TPSA) is 37.3 Å². The second kappa shape index (κ2) is 7.28. The standard InChI is InChI=1S/C13H10O2.ClH.Ti/c14-12-9-5-4-8-11(12)13(15)10-6-2-1-3-7-10;;/h1-9,14H;1H;/q;;+1/p-1. The molecule has 0 aliphatic carbocycles. The van der Waals surface area contributed by atoms with Crippen molar-refractivity contribution >= 4 is 15.1 Å². The second-order valence-corrected chi connectivity index (χ2v) is 3.21. The summed E-state index contributed by atoms with van der Waals surface area (Å²) in [6.45, 7) is 0. The molecule has 0 aromatic heterocycles. The number of benzene rings is 2. The zero-order valence-corrected chi connectivity index (χ0v) is 11.2. The van der Waals surface area contributed by atoms with Crippen molar-refractivity contribution in [2.24, 2.45) is 0 Å². The number of aromatic hydroxyl groups is 1. The van der Waals surface area contributed by atoms with Crippen molar-refractivity contribution in [3.8, 4) is 5.75 Å². The Morgan fingerprint density at radius 3 is 2.06 bits per heavy atom. The second-order valence-electron chi connectivity index (χ2n) is 3.21. The van der Waals surface area contributed by atoms with E-state index < -0.39 is 0 Å². The maximum atomic E-state index is 11.9. The third-order valence-electron chi connectivity index (χ3n) is 2.18. The molecule has 4 heteroatoms. The van der Waals surface area contributed by atoms with Crippen molar-refractivity contribution in [2.75, 3.05) is 0 Å². The van der Waals surface area contributed by atoms with Crippen LogP contribution < -0.4 is 0 Å². The van der Waals surface area contributed by atoms with E-state index in [4.69, 9.17) is 0 Å². The molecule has 17 heavy (non-hydrogen) atoms. The third kappa shape index (κ3) is 3.70. The normalized spacial score (nSPS) is 8.94. The predicted molar refractivity (Wildman–Crippen MR) is 63.8 cm³/mol. The Bertz CT molecular complexity index is 486. The molecular formula is C13H10ClO2Ti. The Hall–Kier alpha value is -1.09. The van der Waals surface area contributed by atoms with Gasteiger partial charge in [-0.05, 0) is 12.1 Å². The number of phenolic OH excluding ortho intramolecular Hbond substituents is 1. The van der Waals surface area contributed by atoms with E-state index >= 15 is 0 Å². The molecule has 0 atom stereocenters. The van der Waals surface area contributed by atoms with Crippen molar-refractivity contribution in [3.05, 3.63) is 65.7 Å². The number of para-hydroxylation sites is 1. The van der Waals surface area contributed by atoms with Gasteiger partial charge in [-0.3, -0.25) is 4.79 Å². The van der Waals surface area contributed by atoms with Crippen LogP contribution in [0.4, 0.5) is 0 Å². The van der Waals surface area contributed by atoms with Gasteiger partial charge in [0.05, 0.1) is 5.56 Å². The molecule has 0 bridgehead atoms. The fourth-order valence-electron chi connectivity index (χ4n) is 1.41. The number of hydrogen-bond donors (Lipinski definition) is 1. The Morgan fingerprint density at radius 2 is 1.47 bits per heavy atom. The summed E-state index contributed by atoms with van der Waals surface area (Å²) in [6, 6.07) is 15.5. The van der Waals surface area contributed by atoms with Crippen molar-refractivity contribution in [2.45, 2.75) is 0 Å². The van der Waals surface area contributed by atoms with Crippen LogP contribution in [0, 0.1) is 0 Å². The number of carbonyl (C=O) groups is 1. The predicted octanol–water partition coefficient (Wildman–Crippen LogP) is 3.31. The monoisotopic (exact) mass is 281 g/mol. The van der Waals surface area contributed by atoms with Gasteiger partial charge in [0.2, 0.25) is 0 Å². The van der Waals surface area contributed by atoms with Crippen LogP contribution in [-0.2, 0) is 19.4 Å². The summed E-state index contributed by atoms with van der Waals surface area (Å²) in [5.74, 6) is -0.139. The zero-order valence-electron chi connectivity index (χ0n) is 8.93. The molecule has 0 radical (unpaired) electrons. The van der Waals surface area contributed by atoms with E-state index in [1.54, 1.807) is 42.5 Å². The van der Waals surface area contributed by atoms with Crippen LogP contribution in [0.5, 0.6) is 5.75 Å². The molecule has 0 amide bonds. The zero-order chi connectivity index (χ0) is 12.7. The molecule has 0 fully saturated rings. The number of hydrogen-bond acceptors (Lipinski definition) is 2. The quantitative estimate of drug-likeness (QED) is 0.677. The average molecular weight is 282 g/mol. The molecule has 0 saturated heterocycles. The number of halogens is 1. The van der Waals surface area contributed by atoms with Gasteiger partial charge >= 0.3 is 28.7 Å².